The molecule has 1 amide bonds. The number of rotatable bonds is 4. The van der Waals surface area contributed by atoms with Gasteiger partial charge in [0, 0.05) is 0 Å². The molecule has 0 aromatic carbocycles. The Balaban J connectivity index is 0. The Morgan fingerprint density at radius 2 is 1.93 bits per heavy atom. The van der Waals surface area contributed by atoms with Crippen LogP contribution in [0.4, 0.5) is 0 Å². The van der Waals surface area contributed by atoms with E-state index < -0.39 is 18.1 Å². The molecule has 0 spiro atoms. The molecule has 0 fully saturated rings. The number of amides is 1. The molecule has 5 nitrogen and oxygen atoms in total. The SMILES string of the molecule is CCOC(=O)C(C)NC(=O)C(C)N.Cl. The van der Waals surface area contributed by atoms with E-state index in [1.165, 1.54) is 0 Å². The van der Waals surface area contributed by atoms with Crippen LogP contribution in [0, 0.1) is 0 Å². The van der Waals surface area contributed by atoms with Gasteiger partial charge in [-0.1, -0.05) is 0 Å². The number of carbonyl (C=O) groups is 2. The van der Waals surface area contributed by atoms with Crippen LogP contribution >= 0.6 is 12.4 Å². The Morgan fingerprint density at radius 1 is 1.43 bits per heavy atom. The first-order valence-corrected chi connectivity index (χ1v) is 4.21. The zero-order chi connectivity index (χ0) is 10.4. The Labute approximate surface area is 89.8 Å². The van der Waals surface area contributed by atoms with Gasteiger partial charge in [-0.2, -0.15) is 0 Å². The molecule has 6 heteroatoms. The minimum atomic E-state index is -0.640. The Morgan fingerprint density at radius 3 is 2.29 bits per heavy atom. The zero-order valence-corrected chi connectivity index (χ0v) is 9.39. The molecule has 0 rings (SSSR count). The maximum Gasteiger partial charge on any atom is 0.328 e. The third-order valence-corrected chi connectivity index (χ3v) is 1.41. The van der Waals surface area contributed by atoms with Gasteiger partial charge in [0.25, 0.3) is 0 Å². The third kappa shape index (κ3) is 5.77. The predicted octanol–water partition coefficient (Wildman–Crippen LogP) is -0.177. The number of ether oxygens (including phenoxy) is 1. The van der Waals surface area contributed by atoms with Gasteiger partial charge in [-0.25, -0.2) is 4.79 Å². The van der Waals surface area contributed by atoms with Crippen LogP contribution in [0.3, 0.4) is 0 Å². The molecule has 0 aromatic heterocycles. The molecule has 0 heterocycles. The topological polar surface area (TPSA) is 81.4 Å². The average Bonchev–Trinajstić information content (AvgIpc) is 2.04. The third-order valence-electron chi connectivity index (χ3n) is 1.41. The second-order valence-corrected chi connectivity index (χ2v) is 2.77. The number of nitrogens with one attached hydrogen (secondary N) is 1. The number of esters is 1. The first-order chi connectivity index (χ1) is 5.99. The first-order valence-electron chi connectivity index (χ1n) is 4.21. The van der Waals surface area contributed by atoms with Gasteiger partial charge in [0.1, 0.15) is 6.04 Å². The van der Waals surface area contributed by atoms with E-state index in [1.807, 2.05) is 0 Å². The van der Waals surface area contributed by atoms with Crippen LogP contribution in [0.5, 0.6) is 0 Å². The molecule has 0 radical (unpaired) electrons. The molecule has 3 N–H and O–H groups in total. The van der Waals surface area contributed by atoms with Crippen molar-refractivity contribution in [3.8, 4) is 0 Å². The molecule has 0 aliphatic heterocycles. The Kier molecular flexibility index (Phi) is 8.48. The van der Waals surface area contributed by atoms with E-state index >= 15 is 0 Å². The van der Waals surface area contributed by atoms with Crippen LogP contribution in [0.2, 0.25) is 0 Å². The van der Waals surface area contributed by atoms with Crippen molar-refractivity contribution in [2.24, 2.45) is 5.73 Å². The minimum Gasteiger partial charge on any atom is -0.464 e. The maximum atomic E-state index is 11.0. The van der Waals surface area contributed by atoms with Crippen LogP contribution < -0.4 is 11.1 Å². The summed E-state index contributed by atoms with van der Waals surface area (Å²) in [5, 5.41) is 2.43. The van der Waals surface area contributed by atoms with Crippen LogP contribution in [-0.2, 0) is 14.3 Å². The van der Waals surface area contributed by atoms with Crippen LogP contribution in [0.25, 0.3) is 0 Å². The summed E-state index contributed by atoms with van der Waals surface area (Å²) in [6.07, 6.45) is 0. The summed E-state index contributed by atoms with van der Waals surface area (Å²) in [5.41, 5.74) is 5.29. The number of nitrogens with two attached hydrogens (primary N) is 1. The summed E-state index contributed by atoms with van der Waals surface area (Å²) in [7, 11) is 0. The van der Waals surface area contributed by atoms with E-state index in [4.69, 9.17) is 5.73 Å². The molecular formula is C8H17ClN2O3. The molecule has 0 aliphatic rings. The van der Waals surface area contributed by atoms with Crippen molar-refractivity contribution in [1.82, 2.24) is 5.32 Å². The summed E-state index contributed by atoms with van der Waals surface area (Å²) < 4.78 is 4.69. The average molecular weight is 225 g/mol. The first kappa shape index (κ1) is 15.7. The normalized spacial score (nSPS) is 13.4. The highest BCUT2D eigenvalue weighted by atomic mass is 35.5. The minimum absolute atomic E-state index is 0. The fourth-order valence-corrected chi connectivity index (χ4v) is 0.671. The fraction of sp³-hybridized carbons (Fsp3) is 0.750. The van der Waals surface area contributed by atoms with Gasteiger partial charge in [0.15, 0.2) is 0 Å². The van der Waals surface area contributed by atoms with E-state index in [0.29, 0.717) is 6.61 Å². The summed E-state index contributed by atoms with van der Waals surface area (Å²) in [5.74, 6) is -0.808. The molecule has 84 valence electrons. The molecule has 2 atom stereocenters. The quantitative estimate of drug-likeness (QED) is 0.650. The van der Waals surface area contributed by atoms with Crippen LogP contribution in [0.15, 0.2) is 0 Å². The second kappa shape index (κ2) is 7.58. The van der Waals surface area contributed by atoms with Crippen molar-refractivity contribution >= 4 is 24.3 Å². The lowest BCUT2D eigenvalue weighted by Crippen LogP contribution is -2.46. The highest BCUT2D eigenvalue weighted by Gasteiger charge is 2.17. The number of halogens is 1. The number of carbonyl (C=O) groups excluding carboxylic acids is 2. The van der Waals surface area contributed by atoms with Crippen LogP contribution in [0.1, 0.15) is 20.8 Å². The smallest absolute Gasteiger partial charge is 0.328 e. The summed E-state index contributed by atoms with van der Waals surface area (Å²) >= 11 is 0. The Hall–Kier alpha value is -0.810. The van der Waals surface area contributed by atoms with Crippen molar-refractivity contribution in [3.63, 3.8) is 0 Å². The monoisotopic (exact) mass is 224 g/mol. The van der Waals surface area contributed by atoms with E-state index in [2.05, 4.69) is 10.1 Å². The van der Waals surface area contributed by atoms with Crippen molar-refractivity contribution in [2.45, 2.75) is 32.9 Å². The summed E-state index contributed by atoms with van der Waals surface area (Å²) in [4.78, 5) is 22.0. The lowest BCUT2D eigenvalue weighted by atomic mass is 10.3. The summed E-state index contributed by atoms with van der Waals surface area (Å²) in [6.45, 7) is 5.11. The van der Waals surface area contributed by atoms with Gasteiger partial charge >= 0.3 is 5.97 Å². The van der Waals surface area contributed by atoms with E-state index in [0.717, 1.165) is 0 Å². The highest BCUT2D eigenvalue weighted by molar-refractivity contribution is 5.86. The van der Waals surface area contributed by atoms with E-state index in [9.17, 15) is 9.59 Å². The molecular weight excluding hydrogens is 208 g/mol. The van der Waals surface area contributed by atoms with Gasteiger partial charge in [0.05, 0.1) is 12.6 Å². The van der Waals surface area contributed by atoms with Gasteiger partial charge < -0.3 is 15.8 Å². The summed E-state index contributed by atoms with van der Waals surface area (Å²) in [6, 6.07) is -1.25. The van der Waals surface area contributed by atoms with Gasteiger partial charge in [-0.15, -0.1) is 12.4 Å². The lowest BCUT2D eigenvalue weighted by Gasteiger charge is -2.13. The van der Waals surface area contributed by atoms with Gasteiger partial charge in [-0.05, 0) is 20.8 Å². The standard InChI is InChI=1S/C8H16N2O3.ClH/c1-4-13-8(12)6(3)10-7(11)5(2)9;/h5-6H,4,9H2,1-3H3,(H,10,11);1H. The van der Waals surface area contributed by atoms with Crippen molar-refractivity contribution < 1.29 is 14.3 Å². The largest absolute Gasteiger partial charge is 0.464 e. The Bertz CT molecular complexity index is 197. The molecule has 2 unspecified atom stereocenters. The van der Waals surface area contributed by atoms with Gasteiger partial charge in [0.2, 0.25) is 5.91 Å². The highest BCUT2D eigenvalue weighted by Crippen LogP contribution is 1.88. The lowest BCUT2D eigenvalue weighted by molar-refractivity contribution is -0.146. The molecule has 0 bridgehead atoms. The number of hydrogen-bond donors (Lipinski definition) is 2. The van der Waals surface area contributed by atoms with E-state index in [1.54, 1.807) is 20.8 Å². The van der Waals surface area contributed by atoms with Crippen LogP contribution in [-0.4, -0.2) is 30.6 Å². The maximum absolute atomic E-state index is 11.0. The molecule has 0 aliphatic carbocycles. The van der Waals surface area contributed by atoms with E-state index in [-0.39, 0.29) is 18.3 Å². The fourth-order valence-electron chi connectivity index (χ4n) is 0.671. The molecule has 0 saturated carbocycles. The predicted molar refractivity (Wildman–Crippen MR) is 55.1 cm³/mol. The van der Waals surface area contributed by atoms with Crippen molar-refractivity contribution in [3.05, 3.63) is 0 Å². The zero-order valence-electron chi connectivity index (χ0n) is 8.57. The molecule has 0 saturated heterocycles. The molecule has 0 aromatic rings. The second-order valence-electron chi connectivity index (χ2n) is 2.77. The molecule has 14 heavy (non-hydrogen) atoms. The van der Waals surface area contributed by atoms with Gasteiger partial charge in [-0.3, -0.25) is 4.79 Å². The van der Waals surface area contributed by atoms with Crippen molar-refractivity contribution in [2.75, 3.05) is 6.61 Å². The van der Waals surface area contributed by atoms with Crippen molar-refractivity contribution in [1.29, 1.82) is 0 Å². The number of hydrogen-bond acceptors (Lipinski definition) is 4.